The van der Waals surface area contributed by atoms with Gasteiger partial charge in [-0.3, -0.25) is 4.90 Å². The standard InChI is InChI=1S/C24H21ClFN7O/c1-13-7-8-15-14(9-10-28-22(15)31-18-6-2-5-17(25)19(18)26)20(13)32-24(34)33-11-3-4-16-21(27)29-12-30-23(16)33/h2,5-10,12H,3-4,11H2,1H3,(H,28,31)(H,32,34)(H2,27,29,30). The smallest absolute Gasteiger partial charge is 0.327 e. The van der Waals surface area contributed by atoms with Crippen LogP contribution < -0.4 is 21.3 Å². The summed E-state index contributed by atoms with van der Waals surface area (Å²) in [4.78, 5) is 27.6. The second-order valence-electron chi connectivity index (χ2n) is 7.98. The Morgan fingerprint density at radius 2 is 2.00 bits per heavy atom. The number of rotatable bonds is 3. The lowest BCUT2D eigenvalue weighted by atomic mass is 10.0. The van der Waals surface area contributed by atoms with Gasteiger partial charge in [0.05, 0.1) is 16.4 Å². The minimum atomic E-state index is -0.561. The number of carbonyl (C=O) groups excluding carboxylic acids is 1. The number of aromatic nitrogens is 3. The van der Waals surface area contributed by atoms with Crippen LogP contribution in [0.25, 0.3) is 10.8 Å². The molecule has 0 saturated carbocycles. The number of aryl methyl sites for hydroxylation is 1. The molecule has 0 bridgehead atoms. The van der Waals surface area contributed by atoms with E-state index in [2.05, 4.69) is 25.6 Å². The molecule has 4 aromatic rings. The second-order valence-corrected chi connectivity index (χ2v) is 8.39. The van der Waals surface area contributed by atoms with Gasteiger partial charge in [0.2, 0.25) is 0 Å². The summed E-state index contributed by atoms with van der Waals surface area (Å²) in [6.45, 7) is 2.42. The fraction of sp³-hybridized carbons (Fsp3) is 0.167. The zero-order chi connectivity index (χ0) is 23.8. The molecule has 2 aromatic carbocycles. The van der Waals surface area contributed by atoms with Crippen LogP contribution in [0.1, 0.15) is 17.5 Å². The molecule has 0 spiro atoms. The number of pyridine rings is 1. The first-order valence-electron chi connectivity index (χ1n) is 10.7. The number of hydrogen-bond donors (Lipinski definition) is 3. The predicted molar refractivity (Wildman–Crippen MR) is 132 cm³/mol. The van der Waals surface area contributed by atoms with Crippen LogP contribution in [0, 0.1) is 12.7 Å². The molecule has 1 aliphatic heterocycles. The number of anilines is 5. The van der Waals surface area contributed by atoms with Crippen LogP contribution in [0.5, 0.6) is 0 Å². The number of urea groups is 1. The summed E-state index contributed by atoms with van der Waals surface area (Å²) in [5, 5.41) is 7.53. The lowest BCUT2D eigenvalue weighted by Crippen LogP contribution is -2.39. The highest BCUT2D eigenvalue weighted by atomic mass is 35.5. The van der Waals surface area contributed by atoms with E-state index in [4.69, 9.17) is 17.3 Å². The van der Waals surface area contributed by atoms with Gasteiger partial charge in [0, 0.05) is 29.1 Å². The predicted octanol–water partition coefficient (Wildman–Crippen LogP) is 5.44. The zero-order valence-corrected chi connectivity index (χ0v) is 19.0. The highest BCUT2D eigenvalue weighted by Gasteiger charge is 2.26. The number of nitrogens with one attached hydrogen (secondary N) is 2. The molecule has 172 valence electrons. The van der Waals surface area contributed by atoms with Gasteiger partial charge >= 0.3 is 6.03 Å². The third-order valence-electron chi connectivity index (χ3n) is 5.86. The number of benzene rings is 2. The summed E-state index contributed by atoms with van der Waals surface area (Å²) in [7, 11) is 0. The molecule has 0 saturated heterocycles. The van der Waals surface area contributed by atoms with Gasteiger partial charge in [0.1, 0.15) is 23.8 Å². The third-order valence-corrected chi connectivity index (χ3v) is 6.15. The fourth-order valence-corrected chi connectivity index (χ4v) is 4.31. The number of nitrogens with zero attached hydrogens (tertiary/aromatic N) is 4. The largest absolute Gasteiger partial charge is 0.383 e. The van der Waals surface area contributed by atoms with Crippen LogP contribution in [0.4, 0.5) is 38.0 Å². The lowest BCUT2D eigenvalue weighted by Gasteiger charge is -2.29. The van der Waals surface area contributed by atoms with E-state index in [1.54, 1.807) is 23.2 Å². The molecule has 8 nitrogen and oxygen atoms in total. The number of nitrogen functional groups attached to an aromatic ring is 1. The molecule has 0 radical (unpaired) electrons. The molecule has 0 unspecified atom stereocenters. The first-order valence-corrected chi connectivity index (χ1v) is 11.1. The quantitative estimate of drug-likeness (QED) is 0.362. The summed E-state index contributed by atoms with van der Waals surface area (Å²) >= 11 is 5.92. The van der Waals surface area contributed by atoms with Crippen LogP contribution in [0.3, 0.4) is 0 Å². The zero-order valence-electron chi connectivity index (χ0n) is 18.3. The summed E-state index contributed by atoms with van der Waals surface area (Å²) < 4.78 is 14.5. The van der Waals surface area contributed by atoms with Crippen molar-refractivity contribution in [3.8, 4) is 0 Å². The Kier molecular flexibility index (Phi) is 5.62. The molecule has 34 heavy (non-hydrogen) atoms. The molecule has 0 fully saturated rings. The van der Waals surface area contributed by atoms with Crippen LogP contribution in [-0.2, 0) is 6.42 Å². The number of halogens is 2. The maximum Gasteiger partial charge on any atom is 0.327 e. The summed E-state index contributed by atoms with van der Waals surface area (Å²) in [6, 6.07) is 9.96. The van der Waals surface area contributed by atoms with Gasteiger partial charge in [0.15, 0.2) is 5.82 Å². The van der Waals surface area contributed by atoms with Crippen LogP contribution in [0.15, 0.2) is 48.9 Å². The minimum Gasteiger partial charge on any atom is -0.383 e. The van der Waals surface area contributed by atoms with Crippen molar-refractivity contribution in [1.29, 1.82) is 0 Å². The van der Waals surface area contributed by atoms with Gasteiger partial charge in [-0.2, -0.15) is 0 Å². The normalized spacial score (nSPS) is 13.0. The summed E-state index contributed by atoms with van der Waals surface area (Å²) in [5.41, 5.74) is 8.48. The average molecular weight is 478 g/mol. The Bertz CT molecular complexity index is 1430. The lowest BCUT2D eigenvalue weighted by molar-refractivity contribution is 0.256. The first kappa shape index (κ1) is 21.8. The highest BCUT2D eigenvalue weighted by Crippen LogP contribution is 2.34. The maximum absolute atomic E-state index is 14.5. The first-order chi connectivity index (χ1) is 16.4. The van der Waals surface area contributed by atoms with Gasteiger partial charge in [-0.1, -0.05) is 29.8 Å². The molecule has 3 heterocycles. The minimum absolute atomic E-state index is 0.0142. The number of hydrogen-bond acceptors (Lipinski definition) is 6. The summed E-state index contributed by atoms with van der Waals surface area (Å²) in [5.74, 6) is 0.792. The maximum atomic E-state index is 14.5. The molecule has 2 aromatic heterocycles. The van der Waals surface area contributed by atoms with Crippen molar-refractivity contribution in [3.05, 3.63) is 70.9 Å². The molecule has 0 aliphatic carbocycles. The van der Waals surface area contributed by atoms with Crippen molar-refractivity contribution in [2.24, 2.45) is 0 Å². The fourth-order valence-electron chi connectivity index (χ4n) is 4.14. The summed E-state index contributed by atoms with van der Waals surface area (Å²) in [6.07, 6.45) is 4.45. The number of carbonyl (C=O) groups is 1. The Hall–Kier alpha value is -3.98. The average Bonchev–Trinajstić information content (AvgIpc) is 2.84. The number of amides is 2. The van der Waals surface area contributed by atoms with Crippen molar-refractivity contribution in [3.63, 3.8) is 0 Å². The Balaban J connectivity index is 1.51. The van der Waals surface area contributed by atoms with E-state index in [9.17, 15) is 9.18 Å². The van der Waals surface area contributed by atoms with Crippen LogP contribution in [0.2, 0.25) is 5.02 Å². The second kappa shape index (κ2) is 8.75. The van der Waals surface area contributed by atoms with Gasteiger partial charge in [-0.15, -0.1) is 0 Å². The van der Waals surface area contributed by atoms with Gasteiger partial charge in [0.25, 0.3) is 0 Å². The van der Waals surface area contributed by atoms with E-state index in [1.807, 2.05) is 25.1 Å². The molecule has 1 aliphatic rings. The molecular weight excluding hydrogens is 457 g/mol. The van der Waals surface area contributed by atoms with Crippen LogP contribution >= 0.6 is 11.6 Å². The van der Waals surface area contributed by atoms with Gasteiger partial charge in [-0.05, 0) is 43.5 Å². The third kappa shape index (κ3) is 3.84. The van der Waals surface area contributed by atoms with E-state index in [0.29, 0.717) is 35.1 Å². The Morgan fingerprint density at radius 1 is 1.15 bits per heavy atom. The topological polar surface area (TPSA) is 109 Å². The van der Waals surface area contributed by atoms with Crippen molar-refractivity contribution in [1.82, 2.24) is 15.0 Å². The number of fused-ring (bicyclic) bond motifs is 2. The Labute approximate surface area is 200 Å². The molecule has 2 amide bonds. The van der Waals surface area contributed by atoms with E-state index in [1.165, 1.54) is 12.4 Å². The molecular formula is C24H21ClFN7O. The van der Waals surface area contributed by atoms with Crippen molar-refractivity contribution < 1.29 is 9.18 Å². The van der Waals surface area contributed by atoms with E-state index in [0.717, 1.165) is 29.4 Å². The van der Waals surface area contributed by atoms with Crippen molar-refractivity contribution in [2.45, 2.75) is 19.8 Å². The SMILES string of the molecule is Cc1ccc2c(Nc3cccc(Cl)c3F)nccc2c1NC(=O)N1CCCc2c(N)ncnc21. The Morgan fingerprint density at radius 3 is 2.85 bits per heavy atom. The van der Waals surface area contributed by atoms with Crippen molar-refractivity contribution in [2.75, 3.05) is 27.8 Å². The van der Waals surface area contributed by atoms with Gasteiger partial charge < -0.3 is 16.4 Å². The van der Waals surface area contributed by atoms with E-state index in [-0.39, 0.29) is 16.7 Å². The number of nitrogens with two attached hydrogens (primary N) is 1. The van der Waals surface area contributed by atoms with Crippen molar-refractivity contribution >= 4 is 57.2 Å². The van der Waals surface area contributed by atoms with Crippen LogP contribution in [-0.4, -0.2) is 27.5 Å². The molecule has 0 atom stereocenters. The molecule has 10 heteroatoms. The van der Waals surface area contributed by atoms with Gasteiger partial charge in [-0.25, -0.2) is 24.1 Å². The van der Waals surface area contributed by atoms with E-state index >= 15 is 0 Å². The monoisotopic (exact) mass is 477 g/mol. The van der Waals surface area contributed by atoms with E-state index < -0.39 is 5.82 Å². The molecule has 4 N–H and O–H groups in total. The highest BCUT2D eigenvalue weighted by molar-refractivity contribution is 6.31. The molecule has 5 rings (SSSR count).